The second-order valence-corrected chi connectivity index (χ2v) is 4.62. The van der Waals surface area contributed by atoms with Crippen molar-refractivity contribution < 1.29 is 38.5 Å². The first-order valence-corrected chi connectivity index (χ1v) is 5.57. The van der Waals surface area contributed by atoms with Gasteiger partial charge in [0.15, 0.2) is 6.17 Å². The number of carboxylic acids is 2. The van der Waals surface area contributed by atoms with Gasteiger partial charge in [0.05, 0.1) is 12.1 Å². The van der Waals surface area contributed by atoms with Gasteiger partial charge in [-0.05, 0) is 0 Å². The molecular formula is C6H10FO7P. The van der Waals surface area contributed by atoms with Crippen molar-refractivity contribution >= 4 is 19.5 Å². The molecule has 0 aromatic carbocycles. The number of rotatable bonds is 6. The van der Waals surface area contributed by atoms with Crippen molar-refractivity contribution in [3.05, 3.63) is 0 Å². The average Bonchev–Trinajstić information content (AvgIpc) is 1.99. The van der Waals surface area contributed by atoms with Crippen LogP contribution in [-0.4, -0.2) is 44.3 Å². The van der Waals surface area contributed by atoms with Gasteiger partial charge in [-0.15, -0.1) is 0 Å². The third kappa shape index (κ3) is 6.16. The molecule has 0 saturated carbocycles. The SMILES string of the molecule is O=C(O)[C@H](C[C@@H]([18F])C(=O)O)CP(=O)(O)O. The highest BCUT2D eigenvalue weighted by molar-refractivity contribution is 7.51. The van der Waals surface area contributed by atoms with Gasteiger partial charge in [-0.1, -0.05) is 0 Å². The Kier molecular flexibility index (Phi) is 4.86. The lowest BCUT2D eigenvalue weighted by atomic mass is 10.0. The molecule has 0 bridgehead atoms. The summed E-state index contributed by atoms with van der Waals surface area (Å²) in [5.41, 5.74) is 0. The highest BCUT2D eigenvalue weighted by atomic mass is 31.2. The van der Waals surface area contributed by atoms with Crippen LogP contribution in [0.5, 0.6) is 0 Å². The van der Waals surface area contributed by atoms with E-state index in [0.29, 0.717) is 0 Å². The molecule has 0 heterocycles. The van der Waals surface area contributed by atoms with Crippen LogP contribution in [0.15, 0.2) is 0 Å². The summed E-state index contributed by atoms with van der Waals surface area (Å²) in [6.45, 7) is 0. The minimum Gasteiger partial charge on any atom is -0.481 e. The number of aliphatic carboxylic acids is 2. The highest BCUT2D eigenvalue weighted by Gasteiger charge is 2.32. The quantitative estimate of drug-likeness (QED) is 0.470. The van der Waals surface area contributed by atoms with E-state index in [2.05, 4.69) is 0 Å². The van der Waals surface area contributed by atoms with Gasteiger partial charge < -0.3 is 20.0 Å². The van der Waals surface area contributed by atoms with Gasteiger partial charge >= 0.3 is 19.5 Å². The smallest absolute Gasteiger partial charge is 0.338 e. The molecule has 0 radical (unpaired) electrons. The van der Waals surface area contributed by atoms with E-state index in [1.165, 1.54) is 0 Å². The van der Waals surface area contributed by atoms with Crippen LogP contribution in [0.2, 0.25) is 0 Å². The molecule has 0 aromatic rings. The van der Waals surface area contributed by atoms with Crippen molar-refractivity contribution in [3.8, 4) is 0 Å². The van der Waals surface area contributed by atoms with Crippen molar-refractivity contribution in [1.29, 1.82) is 0 Å². The van der Waals surface area contributed by atoms with Crippen LogP contribution in [0.25, 0.3) is 0 Å². The summed E-state index contributed by atoms with van der Waals surface area (Å²) in [5.74, 6) is -5.20. The number of halogens is 1. The van der Waals surface area contributed by atoms with E-state index in [1.54, 1.807) is 0 Å². The van der Waals surface area contributed by atoms with Crippen LogP contribution in [0, 0.1) is 5.92 Å². The lowest BCUT2D eigenvalue weighted by Gasteiger charge is -2.13. The molecular weight excluding hydrogens is 233 g/mol. The van der Waals surface area contributed by atoms with E-state index in [4.69, 9.17) is 20.0 Å². The van der Waals surface area contributed by atoms with Crippen LogP contribution < -0.4 is 0 Å². The van der Waals surface area contributed by atoms with Gasteiger partial charge in [0, 0.05) is 6.42 Å². The minimum atomic E-state index is -4.60. The summed E-state index contributed by atoms with van der Waals surface area (Å²) in [6, 6.07) is 0. The van der Waals surface area contributed by atoms with Gasteiger partial charge in [0.1, 0.15) is 0 Å². The molecule has 0 saturated heterocycles. The maximum absolute atomic E-state index is 12.6. The summed E-state index contributed by atoms with van der Waals surface area (Å²) < 4.78 is 23.1. The van der Waals surface area contributed by atoms with E-state index >= 15 is 0 Å². The Balaban J connectivity index is 4.49. The molecule has 0 aliphatic heterocycles. The van der Waals surface area contributed by atoms with Gasteiger partial charge in [-0.25, -0.2) is 9.18 Å². The van der Waals surface area contributed by atoms with Crippen LogP contribution in [0.1, 0.15) is 6.42 Å². The Labute approximate surface area is 83.7 Å². The molecule has 0 aliphatic carbocycles. The molecule has 0 amide bonds. The fourth-order valence-electron chi connectivity index (χ4n) is 0.891. The molecule has 2 atom stereocenters. The van der Waals surface area contributed by atoms with Gasteiger partial charge in [0.2, 0.25) is 0 Å². The molecule has 0 spiro atoms. The summed E-state index contributed by atoms with van der Waals surface area (Å²) >= 11 is 0. The van der Waals surface area contributed by atoms with Gasteiger partial charge in [-0.3, -0.25) is 9.36 Å². The topological polar surface area (TPSA) is 132 Å². The second kappa shape index (κ2) is 5.20. The van der Waals surface area contributed by atoms with Crippen molar-refractivity contribution in [2.24, 2.45) is 5.92 Å². The zero-order valence-electron chi connectivity index (χ0n) is 7.41. The van der Waals surface area contributed by atoms with Crippen LogP contribution in [-0.2, 0) is 14.2 Å². The zero-order valence-corrected chi connectivity index (χ0v) is 8.30. The standard InChI is InChI=1S/C6H10FO7P/c7-4(6(10)11)1-3(5(8)9)2-15(12,13)14/h3-4H,1-2H2,(H,8,9)(H,10,11)(H2,12,13,14)/t3-,4-/m1/s1/i7-1. The fraction of sp³-hybridized carbons (Fsp3) is 0.667. The molecule has 9 heteroatoms. The zero-order chi connectivity index (χ0) is 12.2. The second-order valence-electron chi connectivity index (χ2n) is 2.92. The van der Waals surface area contributed by atoms with E-state index in [1.807, 2.05) is 0 Å². The third-order valence-corrected chi connectivity index (χ3v) is 2.48. The van der Waals surface area contributed by atoms with E-state index < -0.39 is 44.2 Å². The van der Waals surface area contributed by atoms with Crippen molar-refractivity contribution in [2.45, 2.75) is 12.6 Å². The first-order chi connectivity index (χ1) is 6.63. The molecule has 88 valence electrons. The highest BCUT2D eigenvalue weighted by Crippen LogP contribution is 2.38. The van der Waals surface area contributed by atoms with Crippen molar-refractivity contribution in [3.63, 3.8) is 0 Å². The average molecular weight is 243 g/mol. The molecule has 0 aliphatic rings. The predicted octanol–water partition coefficient (Wildman–Crippen LogP) is -0.322. The first-order valence-electron chi connectivity index (χ1n) is 3.77. The molecule has 15 heavy (non-hydrogen) atoms. The van der Waals surface area contributed by atoms with E-state index in [0.717, 1.165) is 0 Å². The summed E-state index contributed by atoms with van der Waals surface area (Å²) in [4.78, 5) is 37.4. The number of hydrogen-bond acceptors (Lipinski definition) is 3. The largest absolute Gasteiger partial charge is 0.481 e. The van der Waals surface area contributed by atoms with Crippen LogP contribution in [0.4, 0.5) is 4.39 Å². The predicted molar refractivity (Wildman–Crippen MR) is 45.2 cm³/mol. The number of alkyl halides is 1. The minimum absolute atomic E-state index is 0.963. The number of carbonyl (C=O) groups is 2. The number of hydrogen-bond donors (Lipinski definition) is 4. The maximum Gasteiger partial charge on any atom is 0.338 e. The number of carboxylic acid groups (broad SMARTS) is 2. The summed E-state index contributed by atoms with van der Waals surface area (Å²) in [5, 5.41) is 16.6. The summed E-state index contributed by atoms with van der Waals surface area (Å²) in [7, 11) is -4.60. The Morgan fingerprint density at radius 1 is 1.20 bits per heavy atom. The van der Waals surface area contributed by atoms with Gasteiger partial charge in [0.25, 0.3) is 0 Å². The van der Waals surface area contributed by atoms with E-state index in [9.17, 15) is 18.5 Å². The molecule has 0 fully saturated rings. The normalized spacial score (nSPS) is 15.7. The molecule has 7 nitrogen and oxygen atoms in total. The lowest BCUT2D eigenvalue weighted by molar-refractivity contribution is -0.146. The Morgan fingerprint density at radius 2 is 1.67 bits per heavy atom. The Bertz CT molecular complexity index is 298. The fourth-order valence-corrected chi connectivity index (χ4v) is 1.77. The van der Waals surface area contributed by atoms with Crippen molar-refractivity contribution in [1.82, 2.24) is 0 Å². The maximum atomic E-state index is 12.6. The molecule has 4 N–H and O–H groups in total. The Hall–Kier alpha value is -0.980. The van der Waals surface area contributed by atoms with Gasteiger partial charge in [-0.2, -0.15) is 0 Å². The van der Waals surface area contributed by atoms with Crippen LogP contribution >= 0.6 is 7.60 Å². The van der Waals surface area contributed by atoms with Crippen LogP contribution in [0.3, 0.4) is 0 Å². The monoisotopic (exact) mass is 243 g/mol. The summed E-state index contributed by atoms with van der Waals surface area (Å²) in [6.07, 6.45) is -4.48. The van der Waals surface area contributed by atoms with E-state index in [-0.39, 0.29) is 0 Å². The molecule has 0 rings (SSSR count). The molecule has 0 unspecified atom stereocenters. The Morgan fingerprint density at radius 3 is 1.93 bits per heavy atom. The lowest BCUT2D eigenvalue weighted by Crippen LogP contribution is -2.26. The molecule has 0 aromatic heterocycles. The third-order valence-electron chi connectivity index (χ3n) is 1.57. The van der Waals surface area contributed by atoms with Crippen molar-refractivity contribution in [2.75, 3.05) is 6.16 Å². The first kappa shape index (κ1) is 14.0.